The van der Waals surface area contributed by atoms with Crippen LogP contribution in [0.4, 0.5) is 11.4 Å². The number of hydrogen-bond acceptors (Lipinski definition) is 4. The second-order valence-corrected chi connectivity index (χ2v) is 9.74. The molecule has 2 rings (SSSR count). The molecule has 0 fully saturated rings. The van der Waals surface area contributed by atoms with E-state index in [9.17, 15) is 9.59 Å². The number of benzene rings is 2. The Hall–Kier alpha value is -1.92. The number of amides is 2. The summed E-state index contributed by atoms with van der Waals surface area (Å²) in [6, 6.07) is 11.1. The Labute approximate surface area is 178 Å². The van der Waals surface area contributed by atoms with Crippen LogP contribution in [-0.2, 0) is 9.59 Å². The van der Waals surface area contributed by atoms with Crippen molar-refractivity contribution in [2.75, 3.05) is 10.6 Å². The van der Waals surface area contributed by atoms with E-state index < -0.39 is 10.8 Å². The maximum atomic E-state index is 12.6. The molecular formula is C22H28N2O2S2. The van der Waals surface area contributed by atoms with E-state index in [2.05, 4.69) is 35.9 Å². The SMILES string of the molecule is CC(C)(C)C(=O)Nc1ccccc1-c1c(NC(=O)C(C)(C)C)ccc(S)c1S. The molecule has 0 aliphatic carbocycles. The molecule has 0 saturated heterocycles. The minimum absolute atomic E-state index is 0.0945. The average Bonchev–Trinajstić information content (AvgIpc) is 2.57. The van der Waals surface area contributed by atoms with E-state index >= 15 is 0 Å². The number of nitrogens with one attached hydrogen (secondary N) is 2. The first kappa shape index (κ1) is 22.4. The first-order chi connectivity index (χ1) is 12.8. The predicted molar refractivity (Wildman–Crippen MR) is 123 cm³/mol. The molecule has 0 heterocycles. The van der Waals surface area contributed by atoms with Crippen LogP contribution >= 0.6 is 25.3 Å². The smallest absolute Gasteiger partial charge is 0.229 e. The molecule has 2 N–H and O–H groups in total. The van der Waals surface area contributed by atoms with Gasteiger partial charge in [-0.25, -0.2) is 0 Å². The maximum Gasteiger partial charge on any atom is 0.229 e. The highest BCUT2D eigenvalue weighted by Crippen LogP contribution is 2.41. The van der Waals surface area contributed by atoms with Gasteiger partial charge in [0.2, 0.25) is 11.8 Å². The summed E-state index contributed by atoms with van der Waals surface area (Å²) < 4.78 is 0. The van der Waals surface area contributed by atoms with Gasteiger partial charge < -0.3 is 10.6 Å². The van der Waals surface area contributed by atoms with Crippen LogP contribution in [-0.4, -0.2) is 11.8 Å². The molecule has 4 nitrogen and oxygen atoms in total. The molecule has 0 aliphatic heterocycles. The zero-order valence-corrected chi connectivity index (χ0v) is 19.0. The van der Waals surface area contributed by atoms with E-state index in [0.717, 1.165) is 11.1 Å². The Bertz CT molecular complexity index is 910. The van der Waals surface area contributed by atoms with Crippen molar-refractivity contribution < 1.29 is 9.59 Å². The van der Waals surface area contributed by atoms with Crippen molar-refractivity contribution in [3.05, 3.63) is 36.4 Å². The van der Waals surface area contributed by atoms with Crippen LogP contribution in [0.15, 0.2) is 46.2 Å². The highest BCUT2D eigenvalue weighted by atomic mass is 32.1. The van der Waals surface area contributed by atoms with Crippen LogP contribution in [0, 0.1) is 10.8 Å². The molecule has 6 heteroatoms. The number of rotatable bonds is 3. The minimum atomic E-state index is -0.548. The van der Waals surface area contributed by atoms with E-state index in [1.165, 1.54) is 0 Å². The van der Waals surface area contributed by atoms with Crippen molar-refractivity contribution in [1.82, 2.24) is 0 Å². The van der Waals surface area contributed by atoms with Gasteiger partial charge in [0.1, 0.15) is 0 Å². The standard InChI is InChI=1S/C22H28N2O2S2/c1-21(2,3)19(25)23-14-10-8-7-9-13(14)17-15(11-12-16(27)18(17)28)24-20(26)22(4,5)6/h7-12,27-28H,1-6H3,(H,23,25)(H,24,26). The molecule has 0 spiro atoms. The Balaban J connectivity index is 2.61. The molecule has 0 saturated carbocycles. The molecule has 0 atom stereocenters. The Morgan fingerprint density at radius 1 is 0.750 bits per heavy atom. The molecule has 2 amide bonds. The molecule has 2 aromatic rings. The van der Waals surface area contributed by atoms with Gasteiger partial charge in [0.05, 0.1) is 0 Å². The second kappa shape index (κ2) is 8.21. The topological polar surface area (TPSA) is 58.2 Å². The largest absolute Gasteiger partial charge is 0.325 e. The quantitative estimate of drug-likeness (QED) is 0.471. The highest BCUT2D eigenvalue weighted by molar-refractivity contribution is 7.83. The summed E-state index contributed by atoms with van der Waals surface area (Å²) in [7, 11) is 0. The first-order valence-electron chi connectivity index (χ1n) is 9.09. The van der Waals surface area contributed by atoms with E-state index in [4.69, 9.17) is 0 Å². The van der Waals surface area contributed by atoms with Gasteiger partial charge in [0, 0.05) is 43.1 Å². The van der Waals surface area contributed by atoms with Crippen LogP contribution in [0.1, 0.15) is 41.5 Å². The van der Waals surface area contributed by atoms with Gasteiger partial charge in [0.15, 0.2) is 0 Å². The van der Waals surface area contributed by atoms with Crippen molar-refractivity contribution in [1.29, 1.82) is 0 Å². The lowest BCUT2D eigenvalue weighted by Gasteiger charge is -2.23. The summed E-state index contributed by atoms with van der Waals surface area (Å²) in [6.45, 7) is 11.1. The lowest BCUT2D eigenvalue weighted by atomic mass is 9.94. The van der Waals surface area contributed by atoms with Gasteiger partial charge in [-0.3, -0.25) is 9.59 Å². The van der Waals surface area contributed by atoms with E-state index in [0.29, 0.717) is 21.2 Å². The van der Waals surface area contributed by atoms with Gasteiger partial charge in [-0.2, -0.15) is 0 Å². The third-order valence-electron chi connectivity index (χ3n) is 4.21. The average molecular weight is 417 g/mol. The van der Waals surface area contributed by atoms with Crippen LogP contribution in [0.2, 0.25) is 0 Å². The van der Waals surface area contributed by atoms with Gasteiger partial charge in [-0.15, -0.1) is 25.3 Å². The first-order valence-corrected chi connectivity index (χ1v) is 9.99. The molecule has 0 aromatic heterocycles. The monoisotopic (exact) mass is 416 g/mol. The van der Waals surface area contributed by atoms with Crippen LogP contribution < -0.4 is 10.6 Å². The fourth-order valence-corrected chi connectivity index (χ4v) is 2.89. The molecule has 0 aliphatic rings. The van der Waals surface area contributed by atoms with E-state index in [-0.39, 0.29) is 11.8 Å². The van der Waals surface area contributed by atoms with E-state index in [1.54, 1.807) is 6.07 Å². The van der Waals surface area contributed by atoms with Crippen LogP contribution in [0.5, 0.6) is 0 Å². The Morgan fingerprint density at radius 2 is 1.25 bits per heavy atom. The summed E-state index contributed by atoms with van der Waals surface area (Å²) in [4.78, 5) is 26.4. The number of para-hydroxylation sites is 1. The summed E-state index contributed by atoms with van der Waals surface area (Å²) in [6.07, 6.45) is 0. The summed E-state index contributed by atoms with van der Waals surface area (Å²) >= 11 is 9.13. The molecule has 0 unspecified atom stereocenters. The zero-order valence-electron chi connectivity index (χ0n) is 17.2. The van der Waals surface area contributed by atoms with Crippen LogP contribution in [0.3, 0.4) is 0 Å². The van der Waals surface area contributed by atoms with Gasteiger partial charge in [-0.05, 0) is 18.2 Å². The molecule has 150 valence electrons. The Morgan fingerprint density at radius 3 is 1.79 bits per heavy atom. The lowest BCUT2D eigenvalue weighted by Crippen LogP contribution is -2.28. The van der Waals surface area contributed by atoms with E-state index in [1.807, 2.05) is 71.9 Å². The zero-order chi connectivity index (χ0) is 21.3. The molecule has 2 aromatic carbocycles. The lowest BCUT2D eigenvalue weighted by molar-refractivity contribution is -0.123. The second-order valence-electron chi connectivity index (χ2n) is 8.81. The summed E-state index contributed by atoms with van der Waals surface area (Å²) in [5.41, 5.74) is 1.69. The van der Waals surface area contributed by atoms with Crippen molar-refractivity contribution in [3.8, 4) is 11.1 Å². The molecular weight excluding hydrogens is 388 g/mol. The maximum absolute atomic E-state index is 12.6. The number of carbonyl (C=O) groups excluding carboxylic acids is 2. The number of thiol groups is 2. The summed E-state index contributed by atoms with van der Waals surface area (Å²) in [5.74, 6) is -0.201. The van der Waals surface area contributed by atoms with Crippen molar-refractivity contribution in [3.63, 3.8) is 0 Å². The molecule has 0 radical (unpaired) electrons. The molecule has 28 heavy (non-hydrogen) atoms. The van der Waals surface area contributed by atoms with Crippen LogP contribution in [0.25, 0.3) is 11.1 Å². The van der Waals surface area contributed by atoms with Crippen molar-refractivity contribution >= 4 is 48.4 Å². The Kier molecular flexibility index (Phi) is 6.56. The number of anilines is 2. The van der Waals surface area contributed by atoms with Crippen molar-refractivity contribution in [2.45, 2.75) is 51.3 Å². The third kappa shape index (κ3) is 5.11. The molecule has 0 bridgehead atoms. The normalized spacial score (nSPS) is 11.9. The summed E-state index contributed by atoms with van der Waals surface area (Å²) in [5, 5.41) is 5.99. The van der Waals surface area contributed by atoms with Gasteiger partial charge in [0.25, 0.3) is 0 Å². The van der Waals surface area contributed by atoms with Gasteiger partial charge in [-0.1, -0.05) is 59.7 Å². The van der Waals surface area contributed by atoms with Crippen molar-refractivity contribution in [2.24, 2.45) is 10.8 Å². The fraction of sp³-hybridized carbons (Fsp3) is 0.364. The number of hydrogen-bond donors (Lipinski definition) is 4. The highest BCUT2D eigenvalue weighted by Gasteiger charge is 2.25. The predicted octanol–water partition coefficient (Wildman–Crippen LogP) is 5.90. The number of carbonyl (C=O) groups is 2. The third-order valence-corrected chi connectivity index (χ3v) is 5.23. The fourth-order valence-electron chi connectivity index (χ4n) is 2.39. The minimum Gasteiger partial charge on any atom is -0.325 e. The van der Waals surface area contributed by atoms with Gasteiger partial charge >= 0.3 is 0 Å².